The number of rotatable bonds is 7. The van der Waals surface area contributed by atoms with Gasteiger partial charge in [-0.05, 0) is 62.4 Å². The van der Waals surface area contributed by atoms with Gasteiger partial charge in [0, 0.05) is 0 Å². The molecule has 9 heteroatoms. The molecule has 0 saturated carbocycles. The number of hydrogen-bond acceptors (Lipinski definition) is 3. The number of benzene rings is 1. The van der Waals surface area contributed by atoms with Crippen molar-refractivity contribution < 1.29 is 40.7 Å². The molecule has 2 rings (SSSR count). The average Bonchev–Trinajstić information content (AvgIpc) is 2.59. The van der Waals surface area contributed by atoms with E-state index in [2.05, 4.69) is 0 Å². The number of carbonyl (C=O) groups is 2. The van der Waals surface area contributed by atoms with Gasteiger partial charge >= 0.3 is 18.3 Å². The molecule has 1 aromatic carbocycles. The summed E-state index contributed by atoms with van der Waals surface area (Å²) in [6, 6.07) is 1.15. The molecule has 0 aromatic heterocycles. The summed E-state index contributed by atoms with van der Waals surface area (Å²) in [6.07, 6.45) is -8.45. The molecule has 1 aliphatic carbocycles. The van der Waals surface area contributed by atoms with Crippen molar-refractivity contribution in [2.24, 2.45) is 5.41 Å². The first-order valence-electron chi connectivity index (χ1n) is 9.49. The molecule has 0 saturated heterocycles. The SMILES string of the molecule is CCCCC1=C(c2cc(C(F)(F)F)cc(C(F)(F)F)c2)C(C(C)=O)(C(=O)OCC)C1. The largest absolute Gasteiger partial charge is 0.465 e. The molecule has 1 aromatic rings. The van der Waals surface area contributed by atoms with E-state index >= 15 is 0 Å². The lowest BCUT2D eigenvalue weighted by Gasteiger charge is -2.43. The van der Waals surface area contributed by atoms with Crippen LogP contribution in [0.4, 0.5) is 26.3 Å². The van der Waals surface area contributed by atoms with E-state index in [1.54, 1.807) is 0 Å². The van der Waals surface area contributed by atoms with Gasteiger partial charge in [0.05, 0.1) is 17.7 Å². The summed E-state index contributed by atoms with van der Waals surface area (Å²) in [5.74, 6) is -1.64. The highest BCUT2D eigenvalue weighted by Gasteiger charge is 2.56. The highest BCUT2D eigenvalue weighted by Crippen LogP contribution is 2.56. The molecule has 0 fully saturated rings. The van der Waals surface area contributed by atoms with Gasteiger partial charge in [-0.2, -0.15) is 26.3 Å². The van der Waals surface area contributed by atoms with E-state index in [-0.39, 0.29) is 24.7 Å². The summed E-state index contributed by atoms with van der Waals surface area (Å²) in [5.41, 5.74) is -4.93. The number of esters is 1. The summed E-state index contributed by atoms with van der Waals surface area (Å²) in [4.78, 5) is 25.1. The average molecular weight is 436 g/mol. The van der Waals surface area contributed by atoms with Crippen LogP contribution in [-0.2, 0) is 26.7 Å². The number of allylic oxidation sites excluding steroid dienone is 1. The zero-order chi connectivity index (χ0) is 22.9. The van der Waals surface area contributed by atoms with Crippen LogP contribution in [-0.4, -0.2) is 18.4 Å². The van der Waals surface area contributed by atoms with Gasteiger partial charge in [-0.1, -0.05) is 18.9 Å². The van der Waals surface area contributed by atoms with Crippen LogP contribution >= 0.6 is 0 Å². The molecule has 0 aliphatic heterocycles. The third kappa shape index (κ3) is 4.39. The summed E-state index contributed by atoms with van der Waals surface area (Å²) in [6.45, 7) is 4.37. The van der Waals surface area contributed by atoms with Crippen molar-refractivity contribution in [2.45, 2.75) is 58.8 Å². The van der Waals surface area contributed by atoms with Crippen LogP contribution in [0.3, 0.4) is 0 Å². The maximum Gasteiger partial charge on any atom is 0.416 e. The summed E-state index contributed by atoms with van der Waals surface area (Å²) in [7, 11) is 0. The minimum Gasteiger partial charge on any atom is -0.465 e. The number of unbranched alkanes of at least 4 members (excludes halogenated alkanes) is 1. The Bertz CT molecular complexity index is 834. The molecule has 30 heavy (non-hydrogen) atoms. The molecule has 1 unspecified atom stereocenters. The third-order valence-corrected chi connectivity index (χ3v) is 5.19. The standard InChI is InChI=1S/C21H22F6O3/c1-4-6-7-13-11-19(12(3)28,18(29)30-5-2)17(13)14-8-15(20(22,23)24)10-16(9-14)21(25,26)27/h8-10H,4-7,11H2,1-3H3. The Labute approximate surface area is 170 Å². The van der Waals surface area contributed by atoms with E-state index in [0.29, 0.717) is 30.5 Å². The zero-order valence-corrected chi connectivity index (χ0v) is 16.8. The normalized spacial score (nSPS) is 19.5. The van der Waals surface area contributed by atoms with Crippen molar-refractivity contribution >= 4 is 17.3 Å². The molecule has 3 nitrogen and oxygen atoms in total. The Morgan fingerprint density at radius 2 is 1.53 bits per heavy atom. The highest BCUT2D eigenvalue weighted by atomic mass is 19.4. The first-order valence-corrected chi connectivity index (χ1v) is 9.49. The van der Waals surface area contributed by atoms with Crippen LogP contribution in [0.1, 0.15) is 63.1 Å². The summed E-state index contributed by atoms with van der Waals surface area (Å²) < 4.78 is 84.8. The summed E-state index contributed by atoms with van der Waals surface area (Å²) >= 11 is 0. The Morgan fingerprint density at radius 1 is 1.00 bits per heavy atom. The molecule has 0 N–H and O–H groups in total. The van der Waals surface area contributed by atoms with Gasteiger partial charge in [-0.3, -0.25) is 9.59 Å². The molecule has 0 heterocycles. The predicted molar refractivity (Wildman–Crippen MR) is 97.3 cm³/mol. The van der Waals surface area contributed by atoms with Gasteiger partial charge in [-0.25, -0.2) is 0 Å². The number of carbonyl (C=O) groups excluding carboxylic acids is 2. The van der Waals surface area contributed by atoms with Crippen LogP contribution in [0, 0.1) is 5.41 Å². The second-order valence-electron chi connectivity index (χ2n) is 7.24. The van der Waals surface area contributed by atoms with Crippen LogP contribution < -0.4 is 0 Å². The predicted octanol–water partition coefficient (Wildman–Crippen LogP) is 6.21. The van der Waals surface area contributed by atoms with Crippen LogP contribution in [0.15, 0.2) is 23.8 Å². The number of hydrogen-bond donors (Lipinski definition) is 0. The topological polar surface area (TPSA) is 43.4 Å². The van der Waals surface area contributed by atoms with Gasteiger partial charge in [0.25, 0.3) is 0 Å². The van der Waals surface area contributed by atoms with Crippen LogP contribution in [0.2, 0.25) is 0 Å². The van der Waals surface area contributed by atoms with E-state index < -0.39 is 46.2 Å². The third-order valence-electron chi connectivity index (χ3n) is 5.19. The van der Waals surface area contributed by atoms with E-state index in [0.717, 1.165) is 13.3 Å². The number of ketones is 1. The van der Waals surface area contributed by atoms with Gasteiger partial charge in [0.1, 0.15) is 0 Å². The van der Waals surface area contributed by atoms with Crippen LogP contribution in [0.25, 0.3) is 5.57 Å². The first-order chi connectivity index (χ1) is 13.8. The Morgan fingerprint density at radius 3 is 1.93 bits per heavy atom. The molecule has 0 amide bonds. The molecule has 0 spiro atoms. The van der Waals surface area contributed by atoms with Crippen LogP contribution in [0.5, 0.6) is 0 Å². The second-order valence-corrected chi connectivity index (χ2v) is 7.24. The van der Waals surface area contributed by atoms with E-state index in [4.69, 9.17) is 4.74 Å². The number of Topliss-reactive ketones (excluding diaryl/α,β-unsaturated/α-hetero) is 1. The number of halogens is 6. The van der Waals surface area contributed by atoms with E-state index in [1.165, 1.54) is 6.92 Å². The lowest BCUT2D eigenvalue weighted by molar-refractivity contribution is -0.156. The zero-order valence-electron chi connectivity index (χ0n) is 16.8. The maximum atomic E-state index is 13.3. The second kappa shape index (κ2) is 8.43. The lowest BCUT2D eigenvalue weighted by Crippen LogP contribution is -2.47. The van der Waals surface area contributed by atoms with Crippen molar-refractivity contribution in [1.82, 2.24) is 0 Å². The Balaban J connectivity index is 2.79. The fourth-order valence-corrected chi connectivity index (χ4v) is 3.72. The van der Waals surface area contributed by atoms with Gasteiger partial charge in [0.2, 0.25) is 0 Å². The van der Waals surface area contributed by atoms with Crippen molar-refractivity contribution in [2.75, 3.05) is 6.61 Å². The number of alkyl halides is 6. The Kier molecular flexibility index (Phi) is 6.73. The smallest absolute Gasteiger partial charge is 0.416 e. The van der Waals surface area contributed by atoms with Crippen molar-refractivity contribution in [3.63, 3.8) is 0 Å². The quantitative estimate of drug-likeness (QED) is 0.290. The Hall–Kier alpha value is -2.32. The molecule has 166 valence electrons. The van der Waals surface area contributed by atoms with Crippen molar-refractivity contribution in [1.29, 1.82) is 0 Å². The highest BCUT2D eigenvalue weighted by molar-refractivity contribution is 6.17. The molecule has 1 atom stereocenters. The fraction of sp³-hybridized carbons (Fsp3) is 0.524. The molecular weight excluding hydrogens is 414 g/mol. The van der Waals surface area contributed by atoms with Crippen molar-refractivity contribution in [3.05, 3.63) is 40.5 Å². The number of ether oxygens (including phenoxy) is 1. The minimum atomic E-state index is -5.04. The van der Waals surface area contributed by atoms with Gasteiger partial charge in [0.15, 0.2) is 11.2 Å². The maximum absolute atomic E-state index is 13.3. The van der Waals surface area contributed by atoms with Gasteiger partial charge < -0.3 is 4.74 Å². The minimum absolute atomic E-state index is 0.0221. The molecule has 0 radical (unpaired) electrons. The fourth-order valence-electron chi connectivity index (χ4n) is 3.72. The summed E-state index contributed by atoms with van der Waals surface area (Å²) in [5, 5.41) is 0. The van der Waals surface area contributed by atoms with E-state index in [1.807, 2.05) is 6.92 Å². The van der Waals surface area contributed by atoms with Crippen molar-refractivity contribution in [3.8, 4) is 0 Å². The van der Waals surface area contributed by atoms with E-state index in [9.17, 15) is 35.9 Å². The lowest BCUT2D eigenvalue weighted by atomic mass is 9.58. The first kappa shape index (κ1) is 24.0. The monoisotopic (exact) mass is 436 g/mol. The molecule has 1 aliphatic rings. The molecule has 0 bridgehead atoms. The molecular formula is C21H22F6O3. The van der Waals surface area contributed by atoms with Gasteiger partial charge in [-0.15, -0.1) is 0 Å².